The van der Waals surface area contributed by atoms with Crippen LogP contribution in [0.5, 0.6) is 0 Å². The molecule has 22 heavy (non-hydrogen) atoms. The molecule has 0 amide bonds. The summed E-state index contributed by atoms with van der Waals surface area (Å²) in [5.74, 6) is 0.151. The zero-order chi connectivity index (χ0) is 15.4. The van der Waals surface area contributed by atoms with Gasteiger partial charge in [0.2, 0.25) is 0 Å². The van der Waals surface area contributed by atoms with Crippen LogP contribution in [0.25, 0.3) is 11.1 Å². The van der Waals surface area contributed by atoms with Crippen LogP contribution in [0.15, 0.2) is 53.5 Å². The van der Waals surface area contributed by atoms with E-state index >= 15 is 0 Å². The Morgan fingerprint density at radius 1 is 1.14 bits per heavy atom. The summed E-state index contributed by atoms with van der Waals surface area (Å²) in [6, 6.07) is 15.4. The van der Waals surface area contributed by atoms with Gasteiger partial charge in [-0.3, -0.25) is 0 Å². The van der Waals surface area contributed by atoms with Crippen LogP contribution in [-0.2, 0) is 6.54 Å². The molecule has 0 bridgehead atoms. The number of aliphatic imine (C=N–C) groups is 1. The molecule has 0 unspecified atom stereocenters. The second-order valence-electron chi connectivity index (χ2n) is 5.65. The van der Waals surface area contributed by atoms with Crippen molar-refractivity contribution < 1.29 is 4.39 Å². The van der Waals surface area contributed by atoms with E-state index in [4.69, 9.17) is 5.73 Å². The number of halogens is 1. The lowest BCUT2D eigenvalue weighted by Gasteiger charge is -2.26. The van der Waals surface area contributed by atoms with Crippen LogP contribution in [0.3, 0.4) is 0 Å². The van der Waals surface area contributed by atoms with Gasteiger partial charge in [-0.05, 0) is 36.5 Å². The first-order chi connectivity index (χ1) is 10.7. The maximum absolute atomic E-state index is 14.2. The summed E-state index contributed by atoms with van der Waals surface area (Å²) in [5.41, 5.74) is 8.24. The lowest BCUT2D eigenvalue weighted by molar-refractivity contribution is 0.382. The highest BCUT2D eigenvalue weighted by atomic mass is 19.1. The zero-order valence-electron chi connectivity index (χ0n) is 12.4. The van der Waals surface area contributed by atoms with Crippen molar-refractivity contribution in [3.05, 3.63) is 59.9 Å². The summed E-state index contributed by atoms with van der Waals surface area (Å²) in [6.45, 7) is 0.256. The van der Waals surface area contributed by atoms with E-state index in [2.05, 4.69) is 10.3 Å². The SMILES string of the molecule is NC(=NCc1ccc(-c2ccccc2)cc1F)NC1CCC1. The summed E-state index contributed by atoms with van der Waals surface area (Å²) >= 11 is 0. The number of nitrogens with zero attached hydrogens (tertiary/aromatic N) is 1. The van der Waals surface area contributed by atoms with Crippen LogP contribution < -0.4 is 11.1 Å². The molecular formula is C18H20FN3. The molecule has 2 aromatic carbocycles. The third-order valence-corrected chi connectivity index (χ3v) is 4.04. The number of hydrogen-bond donors (Lipinski definition) is 2. The average molecular weight is 297 g/mol. The lowest BCUT2D eigenvalue weighted by atomic mass is 9.93. The van der Waals surface area contributed by atoms with E-state index in [-0.39, 0.29) is 12.4 Å². The quantitative estimate of drug-likeness (QED) is 0.671. The Kier molecular flexibility index (Phi) is 4.37. The Morgan fingerprint density at radius 3 is 2.55 bits per heavy atom. The zero-order valence-corrected chi connectivity index (χ0v) is 12.4. The van der Waals surface area contributed by atoms with Gasteiger partial charge in [-0.1, -0.05) is 42.5 Å². The highest BCUT2D eigenvalue weighted by Gasteiger charge is 2.17. The van der Waals surface area contributed by atoms with Gasteiger partial charge in [-0.15, -0.1) is 0 Å². The molecule has 3 rings (SSSR count). The Balaban J connectivity index is 1.68. The summed E-state index contributed by atoms with van der Waals surface area (Å²) in [7, 11) is 0. The molecule has 3 N–H and O–H groups in total. The van der Waals surface area contributed by atoms with Crippen LogP contribution in [0.4, 0.5) is 4.39 Å². The molecule has 1 aliphatic carbocycles. The predicted octanol–water partition coefficient (Wildman–Crippen LogP) is 3.45. The van der Waals surface area contributed by atoms with Crippen molar-refractivity contribution in [3.8, 4) is 11.1 Å². The van der Waals surface area contributed by atoms with E-state index in [1.54, 1.807) is 12.1 Å². The first kappa shape index (κ1) is 14.6. The van der Waals surface area contributed by atoms with Gasteiger partial charge in [-0.25, -0.2) is 9.38 Å². The monoisotopic (exact) mass is 297 g/mol. The van der Waals surface area contributed by atoms with Crippen molar-refractivity contribution in [1.82, 2.24) is 5.32 Å². The molecule has 4 heteroatoms. The number of nitrogens with two attached hydrogens (primary N) is 1. The maximum atomic E-state index is 14.2. The van der Waals surface area contributed by atoms with Crippen LogP contribution >= 0.6 is 0 Å². The third kappa shape index (κ3) is 3.45. The maximum Gasteiger partial charge on any atom is 0.189 e. The van der Waals surface area contributed by atoms with Gasteiger partial charge in [0.15, 0.2) is 5.96 Å². The first-order valence-electron chi connectivity index (χ1n) is 7.62. The third-order valence-electron chi connectivity index (χ3n) is 4.04. The number of hydrogen-bond acceptors (Lipinski definition) is 1. The van der Waals surface area contributed by atoms with E-state index < -0.39 is 0 Å². The summed E-state index contributed by atoms with van der Waals surface area (Å²) in [4.78, 5) is 4.22. The summed E-state index contributed by atoms with van der Waals surface area (Å²) < 4.78 is 14.2. The van der Waals surface area contributed by atoms with Crippen molar-refractivity contribution in [2.75, 3.05) is 0 Å². The predicted molar refractivity (Wildman–Crippen MR) is 87.9 cm³/mol. The molecule has 2 aromatic rings. The Bertz CT molecular complexity index is 663. The highest BCUT2D eigenvalue weighted by molar-refractivity contribution is 5.78. The molecule has 1 saturated carbocycles. The van der Waals surface area contributed by atoms with Crippen molar-refractivity contribution >= 4 is 5.96 Å². The van der Waals surface area contributed by atoms with Gasteiger partial charge in [0.05, 0.1) is 6.54 Å². The van der Waals surface area contributed by atoms with E-state index in [1.807, 2.05) is 36.4 Å². The second-order valence-corrected chi connectivity index (χ2v) is 5.65. The minimum atomic E-state index is -0.249. The fraction of sp³-hybridized carbons (Fsp3) is 0.278. The Morgan fingerprint density at radius 2 is 1.91 bits per heavy atom. The van der Waals surface area contributed by atoms with Gasteiger partial charge in [0.25, 0.3) is 0 Å². The lowest BCUT2D eigenvalue weighted by Crippen LogP contribution is -2.43. The van der Waals surface area contributed by atoms with E-state index in [9.17, 15) is 4.39 Å². The van der Waals surface area contributed by atoms with E-state index in [0.29, 0.717) is 17.6 Å². The first-order valence-corrected chi connectivity index (χ1v) is 7.62. The Labute approximate surface area is 130 Å². The fourth-order valence-corrected chi connectivity index (χ4v) is 2.46. The van der Waals surface area contributed by atoms with Crippen LogP contribution in [0.2, 0.25) is 0 Å². The van der Waals surface area contributed by atoms with Crippen LogP contribution in [0, 0.1) is 5.82 Å². The number of nitrogens with one attached hydrogen (secondary N) is 1. The molecule has 0 aliphatic heterocycles. The van der Waals surface area contributed by atoms with Gasteiger partial charge in [0.1, 0.15) is 5.82 Å². The van der Waals surface area contributed by atoms with Crippen molar-refractivity contribution in [3.63, 3.8) is 0 Å². The molecule has 0 spiro atoms. The van der Waals surface area contributed by atoms with Crippen LogP contribution in [-0.4, -0.2) is 12.0 Å². The molecule has 0 heterocycles. The molecule has 114 valence electrons. The smallest absolute Gasteiger partial charge is 0.189 e. The molecule has 3 nitrogen and oxygen atoms in total. The van der Waals surface area contributed by atoms with Crippen molar-refractivity contribution in [2.24, 2.45) is 10.7 Å². The summed E-state index contributed by atoms with van der Waals surface area (Å²) in [5, 5.41) is 3.15. The normalized spacial score (nSPS) is 15.4. The van der Waals surface area contributed by atoms with Crippen molar-refractivity contribution in [1.29, 1.82) is 0 Å². The van der Waals surface area contributed by atoms with Gasteiger partial charge in [-0.2, -0.15) is 0 Å². The minimum absolute atomic E-state index is 0.249. The number of benzene rings is 2. The highest BCUT2D eigenvalue weighted by Crippen LogP contribution is 2.22. The summed E-state index contributed by atoms with van der Waals surface area (Å²) in [6.07, 6.45) is 3.51. The van der Waals surface area contributed by atoms with E-state index in [0.717, 1.165) is 24.0 Å². The number of guanidine groups is 1. The van der Waals surface area contributed by atoms with Gasteiger partial charge in [0, 0.05) is 11.6 Å². The average Bonchev–Trinajstić information content (AvgIpc) is 2.50. The second kappa shape index (κ2) is 6.60. The van der Waals surface area contributed by atoms with E-state index in [1.165, 1.54) is 6.42 Å². The molecule has 0 saturated heterocycles. The topological polar surface area (TPSA) is 50.4 Å². The molecular weight excluding hydrogens is 277 g/mol. The molecule has 1 aliphatic rings. The molecule has 0 atom stereocenters. The van der Waals surface area contributed by atoms with Gasteiger partial charge >= 0.3 is 0 Å². The van der Waals surface area contributed by atoms with Crippen LogP contribution in [0.1, 0.15) is 24.8 Å². The minimum Gasteiger partial charge on any atom is -0.370 e. The molecule has 0 aromatic heterocycles. The number of rotatable bonds is 4. The molecule has 1 fully saturated rings. The van der Waals surface area contributed by atoms with Gasteiger partial charge < -0.3 is 11.1 Å². The standard InChI is InChI=1S/C18H20FN3/c19-17-11-14(13-5-2-1-3-6-13)9-10-15(17)12-21-18(20)22-16-7-4-8-16/h1-3,5-6,9-11,16H,4,7-8,12H2,(H3,20,21,22). The van der Waals surface area contributed by atoms with Crippen molar-refractivity contribution in [2.45, 2.75) is 31.8 Å². The molecule has 0 radical (unpaired) electrons. The largest absolute Gasteiger partial charge is 0.370 e. The Hall–Kier alpha value is -2.36. The fourth-order valence-electron chi connectivity index (χ4n) is 2.46.